The van der Waals surface area contributed by atoms with Crippen LogP contribution in [0.4, 0.5) is 0 Å². The summed E-state index contributed by atoms with van der Waals surface area (Å²) in [6, 6.07) is 0. The van der Waals surface area contributed by atoms with Crippen LogP contribution < -0.4 is 0 Å². The second kappa shape index (κ2) is 7.04. The average Bonchev–Trinajstić information content (AvgIpc) is 2.14. The van der Waals surface area contributed by atoms with Crippen molar-refractivity contribution in [3.05, 3.63) is 0 Å². The Hall–Kier alpha value is 0.683. The Balaban J connectivity index is 0. The normalized spacial score (nSPS) is 15.9. The van der Waals surface area contributed by atoms with E-state index in [1.807, 2.05) is 0 Å². The smallest absolute Gasteiger partial charge is 0.246 e. The number of rotatable bonds is 6. The first kappa shape index (κ1) is 17.1. The van der Waals surface area contributed by atoms with E-state index in [0.29, 0.717) is 0 Å². The van der Waals surface area contributed by atoms with Gasteiger partial charge in [0, 0.05) is 54.6 Å². The second-order valence-electron chi connectivity index (χ2n) is 2.78. The number of hydrogen-bond acceptors (Lipinski definition) is 5. The van der Waals surface area contributed by atoms with E-state index in [2.05, 4.69) is 0 Å². The van der Waals surface area contributed by atoms with Crippen LogP contribution in [0.2, 0.25) is 0 Å². The Labute approximate surface area is 104 Å². The first-order valence-electron chi connectivity index (χ1n) is 3.86. The first-order chi connectivity index (χ1) is 5.99. The molecule has 1 N–H and O–H groups in total. The minimum absolute atomic E-state index is 0. The summed E-state index contributed by atoms with van der Waals surface area (Å²) in [7, 11) is 5.67. The Kier molecular flexibility index (Phi) is 8.59. The molecule has 5 nitrogen and oxygen atoms in total. The van der Waals surface area contributed by atoms with Crippen molar-refractivity contribution in [1.82, 2.24) is 0 Å². The second-order valence-corrected chi connectivity index (χ2v) is 2.78. The Morgan fingerprint density at radius 1 is 1.00 bits per heavy atom. The largest absolute Gasteiger partial charge is 0.379 e. The van der Waals surface area contributed by atoms with Gasteiger partial charge in [-0.25, -0.2) is 0 Å². The van der Waals surface area contributed by atoms with E-state index < -0.39 is 11.6 Å². The zero-order chi connectivity index (χ0) is 10.5. The van der Waals surface area contributed by atoms with Crippen molar-refractivity contribution in [1.29, 1.82) is 0 Å². The molecule has 14 heavy (non-hydrogen) atoms. The van der Waals surface area contributed by atoms with E-state index >= 15 is 0 Å². The summed E-state index contributed by atoms with van der Waals surface area (Å²) >= 11 is 0. The fraction of sp³-hybridized carbons (Fsp3) is 1.00. The fourth-order valence-corrected chi connectivity index (χ4v) is 1.06. The van der Waals surface area contributed by atoms with Gasteiger partial charge in [0.25, 0.3) is 0 Å². The van der Waals surface area contributed by atoms with E-state index in [-0.39, 0.29) is 32.8 Å². The van der Waals surface area contributed by atoms with Crippen LogP contribution in [0, 0.1) is 0 Å². The Morgan fingerprint density at radius 3 is 1.64 bits per heavy atom. The molecule has 0 aliphatic carbocycles. The number of aliphatic hydroxyl groups is 1. The van der Waals surface area contributed by atoms with E-state index in [1.54, 1.807) is 0 Å². The van der Waals surface area contributed by atoms with Crippen molar-refractivity contribution < 1.29 is 50.3 Å². The van der Waals surface area contributed by atoms with Gasteiger partial charge >= 0.3 is 0 Å². The number of hydrogen-bond donors (Lipinski definition) is 1. The summed E-state index contributed by atoms with van der Waals surface area (Å²) in [4.78, 5) is 0. The number of methoxy groups -OCH3 is 4. The average molecular weight is 285 g/mol. The summed E-state index contributed by atoms with van der Waals surface area (Å²) in [5.41, 5.74) is 0. The van der Waals surface area contributed by atoms with Crippen LogP contribution in [0.15, 0.2) is 0 Å². The summed E-state index contributed by atoms with van der Waals surface area (Å²) in [6.07, 6.45) is 0. The molecule has 0 aliphatic heterocycles. The van der Waals surface area contributed by atoms with Crippen molar-refractivity contribution in [2.75, 3.05) is 35.0 Å². The molecule has 0 radical (unpaired) electrons. The monoisotopic (exact) mass is 284 g/mol. The maximum Gasteiger partial charge on any atom is 0.246 e. The molecule has 0 rings (SSSR count). The Bertz CT molecular complexity index is 147. The maximum absolute atomic E-state index is 9.81. The minimum Gasteiger partial charge on any atom is -0.379 e. The molecule has 84 valence electrons. The molecule has 1 unspecified atom stereocenters. The van der Waals surface area contributed by atoms with E-state index in [9.17, 15) is 5.11 Å². The van der Waals surface area contributed by atoms with Crippen LogP contribution in [-0.4, -0.2) is 51.7 Å². The van der Waals surface area contributed by atoms with Crippen molar-refractivity contribution >= 4 is 0 Å². The Morgan fingerprint density at radius 2 is 1.43 bits per heavy atom. The molecule has 0 aromatic carbocycles. The van der Waals surface area contributed by atoms with Gasteiger partial charge in [0.2, 0.25) is 11.6 Å². The molecular formula is C8H18O5Zr. The van der Waals surface area contributed by atoms with E-state index in [1.165, 1.54) is 35.4 Å². The van der Waals surface area contributed by atoms with Gasteiger partial charge in [0.1, 0.15) is 6.61 Å². The zero-order valence-electron chi connectivity index (χ0n) is 9.29. The molecule has 0 aliphatic rings. The summed E-state index contributed by atoms with van der Waals surface area (Å²) < 4.78 is 19.9. The maximum atomic E-state index is 9.81. The van der Waals surface area contributed by atoms with Crippen LogP contribution in [0.5, 0.6) is 0 Å². The predicted molar refractivity (Wildman–Crippen MR) is 46.3 cm³/mol. The third-order valence-corrected chi connectivity index (χ3v) is 2.10. The third-order valence-electron chi connectivity index (χ3n) is 2.10. The summed E-state index contributed by atoms with van der Waals surface area (Å²) in [6.45, 7) is 1.51. The van der Waals surface area contributed by atoms with Crippen molar-refractivity contribution in [3.8, 4) is 0 Å². The van der Waals surface area contributed by atoms with Crippen LogP contribution in [0.25, 0.3) is 0 Å². The first-order valence-corrected chi connectivity index (χ1v) is 3.86. The molecule has 1 atom stereocenters. The van der Waals surface area contributed by atoms with Crippen molar-refractivity contribution in [2.45, 2.75) is 18.5 Å². The van der Waals surface area contributed by atoms with Gasteiger partial charge in [-0.15, -0.1) is 0 Å². The molecule has 0 bridgehead atoms. The fourth-order valence-electron chi connectivity index (χ4n) is 1.06. The third kappa shape index (κ3) is 3.36. The number of ether oxygens (including phenoxy) is 4. The molecule has 6 heteroatoms. The molecular weight excluding hydrogens is 267 g/mol. The molecule has 0 amide bonds. The van der Waals surface area contributed by atoms with Gasteiger partial charge in [0.15, 0.2) is 0 Å². The van der Waals surface area contributed by atoms with Crippen LogP contribution in [0.1, 0.15) is 6.92 Å². The molecule has 0 fully saturated rings. The van der Waals surface area contributed by atoms with Gasteiger partial charge in [-0.1, -0.05) is 0 Å². The van der Waals surface area contributed by atoms with Crippen LogP contribution >= 0.6 is 0 Å². The molecule has 0 heterocycles. The van der Waals surface area contributed by atoms with Crippen LogP contribution in [0.3, 0.4) is 0 Å². The summed E-state index contributed by atoms with van der Waals surface area (Å²) in [5.74, 6) is -2.87. The molecule has 0 saturated heterocycles. The molecule has 0 saturated carbocycles. The van der Waals surface area contributed by atoms with Gasteiger partial charge in [-0.05, 0) is 6.92 Å². The quantitative estimate of drug-likeness (QED) is 0.695. The van der Waals surface area contributed by atoms with Gasteiger partial charge in [-0.3, -0.25) is 0 Å². The van der Waals surface area contributed by atoms with Gasteiger partial charge in [-0.2, -0.15) is 0 Å². The van der Waals surface area contributed by atoms with Gasteiger partial charge < -0.3 is 24.1 Å². The zero-order valence-corrected chi connectivity index (χ0v) is 11.7. The molecule has 0 aromatic rings. The predicted octanol–water partition coefficient (Wildman–Crippen LogP) is -0.0257. The summed E-state index contributed by atoms with van der Waals surface area (Å²) in [5, 5.41) is 9.81. The van der Waals surface area contributed by atoms with Crippen molar-refractivity contribution in [2.24, 2.45) is 0 Å². The molecule has 0 aromatic heterocycles. The minimum atomic E-state index is -1.56. The van der Waals surface area contributed by atoms with Crippen LogP contribution in [-0.2, 0) is 45.2 Å². The SMILES string of the molecule is COCC(OC)(OC)C(C)(O)OC.[Zr]. The topological polar surface area (TPSA) is 57.2 Å². The van der Waals surface area contributed by atoms with Gasteiger partial charge in [0.05, 0.1) is 0 Å². The van der Waals surface area contributed by atoms with E-state index in [0.717, 1.165) is 0 Å². The standard InChI is InChI=1S/C8H18O5.Zr/c1-7(9,11-3)8(12-4,13-5)6-10-2;/h9H,6H2,1-5H3;. The van der Waals surface area contributed by atoms with E-state index in [4.69, 9.17) is 18.9 Å². The van der Waals surface area contributed by atoms with Crippen molar-refractivity contribution in [3.63, 3.8) is 0 Å². The molecule has 0 spiro atoms.